The van der Waals surface area contributed by atoms with Crippen LogP contribution >= 0.6 is 11.3 Å². The van der Waals surface area contributed by atoms with Gasteiger partial charge >= 0.3 is 0 Å². The van der Waals surface area contributed by atoms with E-state index in [-0.39, 0.29) is 11.4 Å². The van der Waals surface area contributed by atoms with Gasteiger partial charge in [0.1, 0.15) is 0 Å². The van der Waals surface area contributed by atoms with Crippen LogP contribution in [0.15, 0.2) is 46.8 Å². The van der Waals surface area contributed by atoms with Crippen molar-refractivity contribution in [1.29, 1.82) is 0 Å². The molecule has 1 aromatic heterocycles. The highest BCUT2D eigenvalue weighted by Crippen LogP contribution is 2.24. The fourth-order valence-electron chi connectivity index (χ4n) is 3.60. The van der Waals surface area contributed by atoms with Gasteiger partial charge in [-0.1, -0.05) is 12.1 Å². The van der Waals surface area contributed by atoms with E-state index in [2.05, 4.69) is 45.3 Å². The molecule has 0 atom stereocenters. The number of hydrogen-bond acceptors (Lipinski definition) is 4. The molecule has 1 fully saturated rings. The number of piperidine rings is 1. The fourth-order valence-corrected chi connectivity index (χ4v) is 4.39. The number of rotatable bonds is 6. The minimum atomic E-state index is -0.257. The lowest BCUT2D eigenvalue weighted by Crippen LogP contribution is -2.48. The zero-order valence-corrected chi connectivity index (χ0v) is 19.9. The zero-order chi connectivity index (χ0) is 22.3. The van der Waals surface area contributed by atoms with Crippen molar-refractivity contribution >= 4 is 28.2 Å². The second kappa shape index (κ2) is 10.7. The number of aliphatic imine (C=N–C) groups is 1. The monoisotopic (exact) mass is 441 g/mol. The maximum atomic E-state index is 12.5. The molecule has 0 radical (unpaired) electrons. The quantitative estimate of drug-likeness (QED) is 0.468. The van der Waals surface area contributed by atoms with Crippen LogP contribution in [-0.2, 0) is 6.54 Å². The summed E-state index contributed by atoms with van der Waals surface area (Å²) in [6.45, 7) is 11.5. The molecule has 7 heteroatoms. The predicted molar refractivity (Wildman–Crippen MR) is 131 cm³/mol. The van der Waals surface area contributed by atoms with Crippen LogP contribution < -0.4 is 20.9 Å². The SMILES string of the molecule is CCNC(=NCc1cccc(C(=O)NC(C)(C)C)c1)NC1CCN(c2cccs2)CC1. The Balaban J connectivity index is 1.57. The number of benzene rings is 1. The first-order valence-electron chi connectivity index (χ1n) is 11.1. The van der Waals surface area contributed by atoms with E-state index in [1.54, 1.807) is 11.3 Å². The zero-order valence-electron chi connectivity index (χ0n) is 19.1. The molecule has 6 nitrogen and oxygen atoms in total. The molecule has 1 aliphatic rings. The molecule has 3 rings (SSSR count). The lowest BCUT2D eigenvalue weighted by atomic mass is 10.1. The third-order valence-electron chi connectivity index (χ3n) is 5.10. The summed E-state index contributed by atoms with van der Waals surface area (Å²) >= 11 is 1.81. The van der Waals surface area contributed by atoms with Crippen molar-refractivity contribution in [3.05, 3.63) is 52.9 Å². The summed E-state index contributed by atoms with van der Waals surface area (Å²) in [4.78, 5) is 19.7. The van der Waals surface area contributed by atoms with Crippen molar-refractivity contribution in [2.24, 2.45) is 4.99 Å². The van der Waals surface area contributed by atoms with Crippen LogP contribution in [0, 0.1) is 0 Å². The van der Waals surface area contributed by atoms with Crippen LogP contribution in [-0.4, -0.2) is 43.1 Å². The third kappa shape index (κ3) is 7.28. The van der Waals surface area contributed by atoms with Gasteiger partial charge in [0.15, 0.2) is 5.96 Å². The number of anilines is 1. The summed E-state index contributed by atoms with van der Waals surface area (Å²) in [6, 6.07) is 12.4. The molecule has 1 aliphatic heterocycles. The van der Waals surface area contributed by atoms with Gasteiger partial charge in [-0.2, -0.15) is 0 Å². The molecule has 2 aromatic rings. The molecule has 0 aliphatic carbocycles. The number of nitrogens with one attached hydrogen (secondary N) is 3. The number of amides is 1. The lowest BCUT2D eigenvalue weighted by Gasteiger charge is -2.33. The number of guanidine groups is 1. The molecule has 1 aromatic carbocycles. The van der Waals surface area contributed by atoms with Crippen molar-refractivity contribution in [3.8, 4) is 0 Å². The van der Waals surface area contributed by atoms with Gasteiger partial charge in [0, 0.05) is 36.8 Å². The summed E-state index contributed by atoms with van der Waals surface area (Å²) in [7, 11) is 0. The largest absolute Gasteiger partial charge is 0.363 e. The van der Waals surface area contributed by atoms with E-state index in [1.807, 2.05) is 45.0 Å². The van der Waals surface area contributed by atoms with Gasteiger partial charge in [0.2, 0.25) is 0 Å². The lowest BCUT2D eigenvalue weighted by molar-refractivity contribution is 0.0919. The Morgan fingerprint density at radius 3 is 2.61 bits per heavy atom. The first kappa shape index (κ1) is 23.1. The summed E-state index contributed by atoms with van der Waals surface area (Å²) in [5.74, 6) is 0.780. The van der Waals surface area contributed by atoms with Gasteiger partial charge in [0.05, 0.1) is 11.5 Å². The number of carbonyl (C=O) groups excluding carboxylic acids is 1. The van der Waals surface area contributed by atoms with Crippen LogP contribution in [0.3, 0.4) is 0 Å². The molecule has 3 N–H and O–H groups in total. The van der Waals surface area contributed by atoms with Crippen molar-refractivity contribution in [1.82, 2.24) is 16.0 Å². The molecular weight excluding hydrogens is 406 g/mol. The van der Waals surface area contributed by atoms with Crippen LogP contribution in [0.5, 0.6) is 0 Å². The van der Waals surface area contributed by atoms with Crippen molar-refractivity contribution in [3.63, 3.8) is 0 Å². The van der Waals surface area contributed by atoms with E-state index < -0.39 is 0 Å². The average Bonchev–Trinajstić information content (AvgIpc) is 3.27. The van der Waals surface area contributed by atoms with Crippen LogP contribution in [0.1, 0.15) is 56.5 Å². The number of hydrogen-bond donors (Lipinski definition) is 3. The molecule has 0 bridgehead atoms. The second-order valence-corrected chi connectivity index (χ2v) is 9.88. The third-order valence-corrected chi connectivity index (χ3v) is 6.02. The Kier molecular flexibility index (Phi) is 7.96. The molecule has 1 saturated heterocycles. The Labute approximate surface area is 190 Å². The van der Waals surface area contributed by atoms with E-state index >= 15 is 0 Å². The molecular formula is C24H35N5OS. The smallest absolute Gasteiger partial charge is 0.251 e. The molecule has 0 unspecified atom stereocenters. The summed E-state index contributed by atoms with van der Waals surface area (Å²) in [5.41, 5.74) is 1.43. The predicted octanol–water partition coefficient (Wildman–Crippen LogP) is 4.00. The van der Waals surface area contributed by atoms with E-state index in [9.17, 15) is 4.79 Å². The van der Waals surface area contributed by atoms with Gasteiger partial charge in [-0.05, 0) is 75.7 Å². The average molecular weight is 442 g/mol. The summed E-state index contributed by atoms with van der Waals surface area (Å²) < 4.78 is 0. The molecule has 31 heavy (non-hydrogen) atoms. The normalized spacial score (nSPS) is 15.6. The summed E-state index contributed by atoms with van der Waals surface area (Å²) in [6.07, 6.45) is 2.18. The molecule has 1 amide bonds. The Hall–Kier alpha value is -2.54. The number of thiophene rings is 1. The van der Waals surface area contributed by atoms with Crippen molar-refractivity contribution in [2.75, 3.05) is 24.5 Å². The van der Waals surface area contributed by atoms with Gasteiger partial charge in [-0.15, -0.1) is 11.3 Å². The molecule has 0 saturated carbocycles. The van der Waals surface area contributed by atoms with Gasteiger partial charge < -0.3 is 20.9 Å². The Morgan fingerprint density at radius 1 is 1.19 bits per heavy atom. The summed E-state index contributed by atoms with van der Waals surface area (Å²) in [5, 5.41) is 13.5. The van der Waals surface area contributed by atoms with E-state index in [0.29, 0.717) is 18.2 Å². The van der Waals surface area contributed by atoms with E-state index in [1.165, 1.54) is 5.00 Å². The minimum absolute atomic E-state index is 0.0548. The standard InChI is InChI=1S/C24H35N5OS/c1-5-25-23(27-20-11-13-29(14-12-20)21-10-7-15-31-21)26-17-18-8-6-9-19(16-18)22(30)28-24(2,3)4/h6-10,15-16,20H,5,11-14,17H2,1-4H3,(H,28,30)(H2,25,26,27). The highest BCUT2D eigenvalue weighted by Gasteiger charge is 2.21. The topological polar surface area (TPSA) is 68.8 Å². The number of carbonyl (C=O) groups is 1. The first-order valence-corrected chi connectivity index (χ1v) is 12.0. The van der Waals surface area contributed by atoms with E-state index in [0.717, 1.165) is 44.0 Å². The van der Waals surface area contributed by atoms with E-state index in [4.69, 9.17) is 4.99 Å². The molecule has 0 spiro atoms. The molecule has 2 heterocycles. The van der Waals surface area contributed by atoms with Crippen LogP contribution in [0.2, 0.25) is 0 Å². The van der Waals surface area contributed by atoms with Crippen LogP contribution in [0.4, 0.5) is 5.00 Å². The van der Waals surface area contributed by atoms with Crippen molar-refractivity contribution < 1.29 is 4.79 Å². The van der Waals surface area contributed by atoms with Gasteiger partial charge in [-0.3, -0.25) is 4.79 Å². The first-order chi connectivity index (χ1) is 14.8. The number of nitrogens with zero attached hydrogens (tertiary/aromatic N) is 2. The maximum absolute atomic E-state index is 12.5. The van der Waals surface area contributed by atoms with Gasteiger partial charge in [-0.25, -0.2) is 4.99 Å². The fraction of sp³-hybridized carbons (Fsp3) is 0.500. The minimum Gasteiger partial charge on any atom is -0.363 e. The Bertz CT molecular complexity index is 864. The maximum Gasteiger partial charge on any atom is 0.251 e. The van der Waals surface area contributed by atoms with Crippen LogP contribution in [0.25, 0.3) is 0 Å². The highest BCUT2D eigenvalue weighted by atomic mass is 32.1. The molecule has 168 valence electrons. The second-order valence-electron chi connectivity index (χ2n) is 8.96. The van der Waals surface area contributed by atoms with Gasteiger partial charge in [0.25, 0.3) is 5.91 Å². The Morgan fingerprint density at radius 2 is 1.97 bits per heavy atom. The van der Waals surface area contributed by atoms with Crippen molar-refractivity contribution in [2.45, 2.75) is 58.7 Å². The highest BCUT2D eigenvalue weighted by molar-refractivity contribution is 7.14.